The number of fused-ring (bicyclic) bond motifs is 1. The summed E-state index contributed by atoms with van der Waals surface area (Å²) in [5, 5.41) is 2.86. The van der Waals surface area contributed by atoms with Gasteiger partial charge < -0.3 is 19.1 Å². The number of imidazole rings is 1. The molecular formula is C30H27FN4O5. The van der Waals surface area contributed by atoms with Gasteiger partial charge in [-0.1, -0.05) is 0 Å². The number of nitrogens with one attached hydrogen (secondary N) is 1. The zero-order valence-corrected chi connectivity index (χ0v) is 21.8. The molecule has 204 valence electrons. The largest absolute Gasteiger partial charge is 0.497 e. The molecule has 10 heteroatoms. The van der Waals surface area contributed by atoms with Crippen LogP contribution in [0.15, 0.2) is 72.9 Å². The number of amides is 2. The molecule has 0 bridgehead atoms. The van der Waals surface area contributed by atoms with Gasteiger partial charge >= 0.3 is 0 Å². The highest BCUT2D eigenvalue weighted by molar-refractivity contribution is 5.99. The van der Waals surface area contributed by atoms with Crippen molar-refractivity contribution in [1.29, 1.82) is 0 Å². The first-order valence-corrected chi connectivity index (χ1v) is 13.0. The highest BCUT2D eigenvalue weighted by Gasteiger charge is 2.30. The molecule has 4 aromatic rings. The first-order chi connectivity index (χ1) is 19.5. The van der Waals surface area contributed by atoms with Crippen LogP contribution in [0.2, 0.25) is 0 Å². The van der Waals surface area contributed by atoms with E-state index in [1.165, 1.54) is 12.1 Å². The Morgan fingerprint density at radius 1 is 1.05 bits per heavy atom. The van der Waals surface area contributed by atoms with Crippen LogP contribution in [0.25, 0.3) is 16.9 Å². The number of halogens is 1. The average molecular weight is 543 g/mol. The van der Waals surface area contributed by atoms with Crippen molar-refractivity contribution in [3.05, 3.63) is 84.3 Å². The van der Waals surface area contributed by atoms with E-state index < -0.39 is 5.91 Å². The standard InChI is InChI=1S/C30H27FN4O5/c1-38-24-11-4-20(5-12-24)25-16-35(23-9-7-22(31)8-10-23)30(32-25)33-28(36)17-34(15-19-2-3-19)29(37)21-6-13-26-27(14-21)40-18-39-26/h4-14,16,19H,2-3,15,17-18H2,1H3,(H,32,33,36). The summed E-state index contributed by atoms with van der Waals surface area (Å²) >= 11 is 0. The van der Waals surface area contributed by atoms with Crippen LogP contribution in [0.1, 0.15) is 23.2 Å². The van der Waals surface area contributed by atoms with Crippen LogP contribution in [0.5, 0.6) is 17.2 Å². The van der Waals surface area contributed by atoms with Gasteiger partial charge in [0.2, 0.25) is 18.6 Å². The van der Waals surface area contributed by atoms with Gasteiger partial charge in [-0.05, 0) is 85.5 Å². The summed E-state index contributed by atoms with van der Waals surface area (Å²) in [7, 11) is 1.59. The Bertz CT molecular complexity index is 1550. The predicted molar refractivity (Wildman–Crippen MR) is 145 cm³/mol. The summed E-state index contributed by atoms with van der Waals surface area (Å²) in [4.78, 5) is 33.0. The van der Waals surface area contributed by atoms with E-state index in [1.807, 2.05) is 24.3 Å². The number of hydrogen-bond donors (Lipinski definition) is 1. The molecule has 0 atom stereocenters. The molecule has 1 aliphatic carbocycles. The van der Waals surface area contributed by atoms with Crippen LogP contribution in [0.4, 0.5) is 10.3 Å². The summed E-state index contributed by atoms with van der Waals surface area (Å²) in [5.41, 5.74) is 2.46. The number of carbonyl (C=O) groups excluding carboxylic acids is 2. The van der Waals surface area contributed by atoms with Gasteiger partial charge in [0.05, 0.1) is 12.8 Å². The Morgan fingerprint density at radius 2 is 1.80 bits per heavy atom. The minimum Gasteiger partial charge on any atom is -0.497 e. The van der Waals surface area contributed by atoms with Gasteiger partial charge in [0.15, 0.2) is 11.5 Å². The molecule has 1 aliphatic heterocycles. The molecule has 40 heavy (non-hydrogen) atoms. The summed E-state index contributed by atoms with van der Waals surface area (Å²) in [6.07, 6.45) is 3.81. The van der Waals surface area contributed by atoms with E-state index in [0.29, 0.717) is 46.7 Å². The van der Waals surface area contributed by atoms with Crippen molar-refractivity contribution in [3.8, 4) is 34.2 Å². The molecule has 3 aromatic carbocycles. The molecule has 0 radical (unpaired) electrons. The SMILES string of the molecule is COc1ccc(-c2cn(-c3ccc(F)cc3)c(NC(=O)CN(CC3CC3)C(=O)c3ccc4c(c3)OCO4)n2)cc1. The van der Waals surface area contributed by atoms with Gasteiger partial charge in [-0.15, -0.1) is 0 Å². The number of benzene rings is 3. The molecule has 9 nitrogen and oxygen atoms in total. The van der Waals surface area contributed by atoms with Crippen molar-refractivity contribution < 1.29 is 28.2 Å². The van der Waals surface area contributed by atoms with Gasteiger partial charge in [0.1, 0.15) is 18.1 Å². The predicted octanol–water partition coefficient (Wildman–Crippen LogP) is 4.91. The Hall–Kier alpha value is -4.86. The van der Waals surface area contributed by atoms with E-state index in [1.54, 1.807) is 53.1 Å². The topological polar surface area (TPSA) is 94.9 Å². The third kappa shape index (κ3) is 5.47. The van der Waals surface area contributed by atoms with Crippen LogP contribution in [-0.4, -0.2) is 53.3 Å². The van der Waals surface area contributed by atoms with Crippen molar-refractivity contribution in [2.45, 2.75) is 12.8 Å². The molecule has 1 aromatic heterocycles. The van der Waals surface area contributed by atoms with Crippen LogP contribution in [0.3, 0.4) is 0 Å². The Kier molecular flexibility index (Phi) is 6.81. The van der Waals surface area contributed by atoms with Crippen molar-refractivity contribution in [2.24, 2.45) is 5.92 Å². The Morgan fingerprint density at radius 3 is 2.52 bits per heavy atom. The number of hydrogen-bond acceptors (Lipinski definition) is 6. The molecule has 6 rings (SSSR count). The molecule has 0 spiro atoms. The van der Waals surface area contributed by atoms with Crippen LogP contribution in [-0.2, 0) is 4.79 Å². The number of rotatable bonds is 9. The number of aromatic nitrogens is 2. The summed E-state index contributed by atoms with van der Waals surface area (Å²) in [6, 6.07) is 18.3. The monoisotopic (exact) mass is 542 g/mol. The number of nitrogens with zero attached hydrogens (tertiary/aromatic N) is 3. The Balaban J connectivity index is 1.25. The maximum atomic E-state index is 13.6. The summed E-state index contributed by atoms with van der Waals surface area (Å²) in [5.74, 6) is 1.39. The van der Waals surface area contributed by atoms with E-state index in [4.69, 9.17) is 14.2 Å². The van der Waals surface area contributed by atoms with Crippen molar-refractivity contribution in [3.63, 3.8) is 0 Å². The molecule has 0 unspecified atom stereocenters. The lowest BCUT2D eigenvalue weighted by molar-refractivity contribution is -0.117. The zero-order chi connectivity index (χ0) is 27.6. The van der Waals surface area contributed by atoms with Gasteiger partial charge in [-0.25, -0.2) is 9.37 Å². The number of anilines is 1. The van der Waals surface area contributed by atoms with Crippen molar-refractivity contribution in [1.82, 2.24) is 14.5 Å². The minimum absolute atomic E-state index is 0.111. The number of methoxy groups -OCH3 is 1. The number of carbonyl (C=O) groups is 2. The maximum absolute atomic E-state index is 13.6. The second-order valence-electron chi connectivity index (χ2n) is 9.77. The summed E-state index contributed by atoms with van der Waals surface area (Å²) in [6.45, 7) is 0.433. The molecule has 0 saturated heterocycles. The highest BCUT2D eigenvalue weighted by Crippen LogP contribution is 2.34. The van der Waals surface area contributed by atoms with Gasteiger partial charge in [-0.2, -0.15) is 0 Å². The average Bonchev–Trinajstić information content (AvgIpc) is 3.50. The Labute approximate surface area is 230 Å². The summed E-state index contributed by atoms with van der Waals surface area (Å²) < 4.78 is 31.3. The van der Waals surface area contributed by atoms with Crippen molar-refractivity contribution >= 4 is 17.8 Å². The molecule has 2 amide bonds. The highest BCUT2D eigenvalue weighted by atomic mass is 19.1. The molecule has 1 fully saturated rings. The minimum atomic E-state index is -0.398. The lowest BCUT2D eigenvalue weighted by atomic mass is 10.1. The molecule has 2 heterocycles. The fraction of sp³-hybridized carbons (Fsp3) is 0.233. The molecular weight excluding hydrogens is 515 g/mol. The van der Waals surface area contributed by atoms with Crippen LogP contribution in [0, 0.1) is 11.7 Å². The lowest BCUT2D eigenvalue weighted by Gasteiger charge is -2.22. The smallest absolute Gasteiger partial charge is 0.254 e. The van der Waals surface area contributed by atoms with Crippen LogP contribution >= 0.6 is 0 Å². The van der Waals surface area contributed by atoms with Crippen LogP contribution < -0.4 is 19.5 Å². The first-order valence-electron chi connectivity index (χ1n) is 13.0. The number of ether oxygens (including phenoxy) is 3. The molecule has 1 N–H and O–H groups in total. The van der Waals surface area contributed by atoms with E-state index in [-0.39, 0.29) is 31.0 Å². The van der Waals surface area contributed by atoms with E-state index in [9.17, 15) is 14.0 Å². The van der Waals surface area contributed by atoms with E-state index in [2.05, 4.69) is 10.3 Å². The molecule has 1 saturated carbocycles. The fourth-order valence-corrected chi connectivity index (χ4v) is 4.55. The first kappa shape index (κ1) is 25.4. The van der Waals surface area contributed by atoms with Gasteiger partial charge in [0, 0.05) is 29.6 Å². The van der Waals surface area contributed by atoms with Gasteiger partial charge in [-0.3, -0.25) is 19.5 Å². The van der Waals surface area contributed by atoms with Gasteiger partial charge in [0.25, 0.3) is 5.91 Å². The second-order valence-corrected chi connectivity index (χ2v) is 9.77. The maximum Gasteiger partial charge on any atom is 0.254 e. The van der Waals surface area contributed by atoms with Crippen molar-refractivity contribution in [2.75, 3.05) is 32.3 Å². The lowest BCUT2D eigenvalue weighted by Crippen LogP contribution is -2.39. The third-order valence-corrected chi connectivity index (χ3v) is 6.86. The fourth-order valence-electron chi connectivity index (χ4n) is 4.55. The second kappa shape index (κ2) is 10.7. The normalized spacial score (nSPS) is 13.7. The van der Waals surface area contributed by atoms with E-state index >= 15 is 0 Å². The molecule has 2 aliphatic rings. The quantitative estimate of drug-likeness (QED) is 0.323. The third-order valence-electron chi connectivity index (χ3n) is 6.86. The zero-order valence-electron chi connectivity index (χ0n) is 21.8. The van der Waals surface area contributed by atoms with E-state index in [0.717, 1.165) is 18.4 Å².